The summed E-state index contributed by atoms with van der Waals surface area (Å²) in [6, 6.07) is 0. The van der Waals surface area contributed by atoms with Crippen LogP contribution >= 0.6 is 0 Å². The molecular weight excluding hydrogens is 218 g/mol. The van der Waals surface area contributed by atoms with Crippen LogP contribution in [-0.2, 0) is 4.74 Å². The first-order valence-electron chi connectivity index (χ1n) is 4.30. The maximum atomic E-state index is 11.3. The number of rotatable bonds is 4. The maximum Gasteiger partial charge on any atom is 0.354 e. The molecule has 1 heterocycles. The number of nitrogens with one attached hydrogen (secondary N) is 2. The summed E-state index contributed by atoms with van der Waals surface area (Å²) in [6.07, 6.45) is 0.940. The predicted octanol–water partition coefficient (Wildman–Crippen LogP) is -0.542. The highest BCUT2D eigenvalue weighted by atomic mass is 16.5. The zero-order chi connectivity index (χ0) is 12.1. The molecule has 0 amide bonds. The van der Waals surface area contributed by atoms with E-state index in [1.165, 1.54) is 0 Å². The Labute approximate surface area is 88.6 Å². The number of carbonyl (C=O) groups is 1. The van der Waals surface area contributed by atoms with Gasteiger partial charge in [-0.05, 0) is 6.92 Å². The molecular formula is C8H9N3O5. The monoisotopic (exact) mass is 227 g/mol. The normalized spacial score (nSPS) is 10.6. The van der Waals surface area contributed by atoms with E-state index in [9.17, 15) is 14.4 Å². The lowest BCUT2D eigenvalue weighted by atomic mass is 10.3. The summed E-state index contributed by atoms with van der Waals surface area (Å²) in [5.74, 6) is -1.45. The third-order valence-corrected chi connectivity index (χ3v) is 1.55. The van der Waals surface area contributed by atoms with Crippen LogP contribution < -0.4 is 11.2 Å². The van der Waals surface area contributed by atoms with Crippen molar-refractivity contribution in [2.24, 2.45) is 4.99 Å². The second kappa shape index (κ2) is 4.91. The zero-order valence-corrected chi connectivity index (χ0v) is 8.31. The van der Waals surface area contributed by atoms with Crippen molar-refractivity contribution in [1.29, 1.82) is 0 Å². The zero-order valence-electron chi connectivity index (χ0n) is 8.31. The number of hydrogen-bond acceptors (Lipinski definition) is 5. The number of aromatic carboxylic acids is 1. The smallest absolute Gasteiger partial charge is 0.354 e. The lowest BCUT2D eigenvalue weighted by Crippen LogP contribution is -2.25. The van der Waals surface area contributed by atoms with Crippen molar-refractivity contribution >= 4 is 18.1 Å². The summed E-state index contributed by atoms with van der Waals surface area (Å²) in [6.45, 7) is 2.02. The van der Waals surface area contributed by atoms with Gasteiger partial charge in [0, 0.05) is 0 Å². The first-order chi connectivity index (χ1) is 7.56. The topological polar surface area (TPSA) is 125 Å². The summed E-state index contributed by atoms with van der Waals surface area (Å²) >= 11 is 0. The second-order valence-corrected chi connectivity index (χ2v) is 2.63. The van der Waals surface area contributed by atoms with Gasteiger partial charge in [0.25, 0.3) is 5.56 Å². The van der Waals surface area contributed by atoms with Crippen molar-refractivity contribution in [2.75, 3.05) is 6.61 Å². The van der Waals surface area contributed by atoms with E-state index < -0.39 is 28.6 Å². The van der Waals surface area contributed by atoms with Gasteiger partial charge in [-0.25, -0.2) is 14.6 Å². The van der Waals surface area contributed by atoms with Crippen LogP contribution in [0.25, 0.3) is 0 Å². The number of ether oxygens (including phenoxy) is 1. The summed E-state index contributed by atoms with van der Waals surface area (Å²) in [5, 5.41) is 8.73. The Morgan fingerprint density at radius 2 is 2.19 bits per heavy atom. The van der Waals surface area contributed by atoms with Crippen molar-refractivity contribution in [3.8, 4) is 0 Å². The molecule has 3 N–H and O–H groups in total. The molecule has 1 aromatic heterocycles. The molecule has 86 valence electrons. The average molecular weight is 227 g/mol. The highest BCUT2D eigenvalue weighted by Crippen LogP contribution is 2.07. The number of aromatic nitrogens is 2. The Hall–Kier alpha value is -2.38. The van der Waals surface area contributed by atoms with Gasteiger partial charge in [-0.15, -0.1) is 0 Å². The molecule has 0 fully saturated rings. The van der Waals surface area contributed by atoms with Crippen LogP contribution in [0.5, 0.6) is 0 Å². The lowest BCUT2D eigenvalue weighted by molar-refractivity contribution is 0.0691. The van der Waals surface area contributed by atoms with E-state index >= 15 is 0 Å². The van der Waals surface area contributed by atoms with Gasteiger partial charge in [-0.1, -0.05) is 0 Å². The largest absolute Gasteiger partial charge is 0.483 e. The molecule has 0 aliphatic heterocycles. The molecule has 0 unspecified atom stereocenters. The number of carboxylic acid groups (broad SMARTS) is 1. The summed E-state index contributed by atoms with van der Waals surface area (Å²) in [5.41, 5.74) is -2.79. The van der Waals surface area contributed by atoms with Gasteiger partial charge in [-0.3, -0.25) is 14.8 Å². The van der Waals surface area contributed by atoms with Crippen LogP contribution in [0.3, 0.4) is 0 Å². The molecule has 16 heavy (non-hydrogen) atoms. The lowest BCUT2D eigenvalue weighted by Gasteiger charge is -1.98. The molecule has 0 bridgehead atoms. The number of aromatic amines is 2. The molecule has 8 nitrogen and oxygen atoms in total. The predicted molar refractivity (Wildman–Crippen MR) is 54.4 cm³/mol. The van der Waals surface area contributed by atoms with Gasteiger partial charge in [0.05, 0.1) is 6.61 Å². The number of carboxylic acids is 1. The number of nitrogens with zero attached hydrogens (tertiary/aromatic N) is 1. The maximum absolute atomic E-state index is 11.3. The van der Waals surface area contributed by atoms with Crippen LogP contribution in [0, 0.1) is 0 Å². The van der Waals surface area contributed by atoms with E-state index in [-0.39, 0.29) is 0 Å². The van der Waals surface area contributed by atoms with E-state index in [0.717, 1.165) is 6.40 Å². The van der Waals surface area contributed by atoms with Crippen LogP contribution in [0.15, 0.2) is 14.6 Å². The number of H-pyrrole nitrogens is 2. The standard InChI is InChI=1S/C8H9N3O5/c1-2-16-3-9-4-5(7(13)14)10-8(15)11-6(4)12/h3H,2H2,1H3,(H,13,14)(H2,10,11,12,15)/b9-3+. The first-order valence-corrected chi connectivity index (χ1v) is 4.30. The number of hydrogen-bond donors (Lipinski definition) is 3. The van der Waals surface area contributed by atoms with Crippen molar-refractivity contribution in [1.82, 2.24) is 9.97 Å². The van der Waals surface area contributed by atoms with Gasteiger partial charge in [0.1, 0.15) is 0 Å². The number of aliphatic imine (C=N–C) groups is 1. The SMILES string of the molecule is CCO/C=N/c1c(C(=O)O)[nH]c(=O)[nH]c1=O. The Morgan fingerprint density at radius 3 is 2.75 bits per heavy atom. The van der Waals surface area contributed by atoms with E-state index in [2.05, 4.69) is 4.99 Å². The molecule has 0 atom stereocenters. The van der Waals surface area contributed by atoms with Crippen LogP contribution in [0.2, 0.25) is 0 Å². The van der Waals surface area contributed by atoms with Gasteiger partial charge >= 0.3 is 11.7 Å². The second-order valence-electron chi connectivity index (χ2n) is 2.63. The van der Waals surface area contributed by atoms with Crippen molar-refractivity contribution in [2.45, 2.75) is 6.92 Å². The van der Waals surface area contributed by atoms with Gasteiger partial charge in [0.15, 0.2) is 17.8 Å². The summed E-state index contributed by atoms with van der Waals surface area (Å²) < 4.78 is 4.73. The first kappa shape index (κ1) is 11.7. The highest BCUT2D eigenvalue weighted by Gasteiger charge is 2.14. The van der Waals surface area contributed by atoms with Gasteiger partial charge in [0.2, 0.25) is 0 Å². The molecule has 0 aliphatic carbocycles. The Morgan fingerprint density at radius 1 is 1.50 bits per heavy atom. The van der Waals surface area contributed by atoms with Crippen LogP contribution in [-0.4, -0.2) is 34.1 Å². The molecule has 1 rings (SSSR count). The molecule has 8 heteroatoms. The minimum absolute atomic E-state index is 0.327. The minimum atomic E-state index is -1.45. The van der Waals surface area contributed by atoms with Crippen molar-refractivity contribution in [3.05, 3.63) is 26.5 Å². The summed E-state index contributed by atoms with van der Waals surface area (Å²) in [7, 11) is 0. The average Bonchev–Trinajstić information content (AvgIpc) is 2.20. The fourth-order valence-corrected chi connectivity index (χ4v) is 0.922. The van der Waals surface area contributed by atoms with E-state index in [4.69, 9.17) is 9.84 Å². The molecule has 0 aliphatic rings. The Bertz CT molecular complexity index is 527. The molecule has 1 aromatic rings. The van der Waals surface area contributed by atoms with Gasteiger partial charge in [-0.2, -0.15) is 0 Å². The van der Waals surface area contributed by atoms with E-state index in [1.54, 1.807) is 6.92 Å². The molecule has 0 aromatic carbocycles. The van der Waals surface area contributed by atoms with Crippen LogP contribution in [0.1, 0.15) is 17.4 Å². The van der Waals surface area contributed by atoms with Crippen LogP contribution in [0.4, 0.5) is 5.69 Å². The molecule has 0 spiro atoms. The molecule has 0 saturated carbocycles. The molecule has 0 radical (unpaired) electrons. The Balaban J connectivity index is 3.30. The van der Waals surface area contributed by atoms with Gasteiger partial charge < -0.3 is 9.84 Å². The van der Waals surface area contributed by atoms with E-state index in [1.807, 2.05) is 9.97 Å². The summed E-state index contributed by atoms with van der Waals surface area (Å²) in [4.78, 5) is 40.2. The third-order valence-electron chi connectivity index (χ3n) is 1.55. The third kappa shape index (κ3) is 2.56. The molecule has 0 saturated heterocycles. The quantitative estimate of drug-likeness (QED) is 0.470. The van der Waals surface area contributed by atoms with Crippen molar-refractivity contribution in [3.63, 3.8) is 0 Å². The van der Waals surface area contributed by atoms with E-state index in [0.29, 0.717) is 6.61 Å². The highest BCUT2D eigenvalue weighted by molar-refractivity contribution is 5.91. The fraction of sp³-hybridized carbons (Fsp3) is 0.250. The minimum Gasteiger partial charge on any atom is -0.483 e. The van der Waals surface area contributed by atoms with Crippen molar-refractivity contribution < 1.29 is 14.6 Å². The fourth-order valence-electron chi connectivity index (χ4n) is 0.922. The Kier molecular flexibility index (Phi) is 3.59.